The Hall–Kier alpha value is -4.48. The second-order valence-corrected chi connectivity index (χ2v) is 9.64. The quantitative estimate of drug-likeness (QED) is 0.254. The van der Waals surface area contributed by atoms with E-state index in [2.05, 4.69) is 15.0 Å². The van der Waals surface area contributed by atoms with Crippen molar-refractivity contribution in [3.05, 3.63) is 70.6 Å². The zero-order valence-corrected chi connectivity index (χ0v) is 22.3. The summed E-state index contributed by atoms with van der Waals surface area (Å²) in [7, 11) is 3.01. The molecular formula is C27H24ClN5O6. The Labute approximate surface area is 228 Å². The van der Waals surface area contributed by atoms with Crippen molar-refractivity contribution in [2.75, 3.05) is 30.7 Å². The molecule has 1 N–H and O–H groups in total. The molecule has 39 heavy (non-hydrogen) atoms. The molecule has 0 aliphatic carbocycles. The first-order valence-corrected chi connectivity index (χ1v) is 12.2. The van der Waals surface area contributed by atoms with Crippen LogP contribution in [0.1, 0.15) is 28.4 Å². The van der Waals surface area contributed by atoms with Gasteiger partial charge in [-0.3, -0.25) is 14.4 Å². The maximum Gasteiger partial charge on any atom is 0.320 e. The first-order chi connectivity index (χ1) is 18.7. The molecule has 12 heteroatoms. The lowest BCUT2D eigenvalue weighted by Gasteiger charge is -2.45. The summed E-state index contributed by atoms with van der Waals surface area (Å²) in [5.41, 5.74) is 0.993. The number of ketones is 1. The van der Waals surface area contributed by atoms with Gasteiger partial charge in [0.25, 0.3) is 5.91 Å². The number of benzene rings is 1. The van der Waals surface area contributed by atoms with E-state index in [-0.39, 0.29) is 35.1 Å². The highest BCUT2D eigenvalue weighted by molar-refractivity contribution is 6.36. The number of pyridine rings is 2. The van der Waals surface area contributed by atoms with Crippen molar-refractivity contribution in [2.24, 2.45) is 0 Å². The summed E-state index contributed by atoms with van der Waals surface area (Å²) in [4.78, 5) is 57.0. The number of halogens is 1. The topological polar surface area (TPSA) is 127 Å². The van der Waals surface area contributed by atoms with Crippen molar-refractivity contribution in [1.82, 2.24) is 15.0 Å². The third-order valence-electron chi connectivity index (χ3n) is 6.55. The molecule has 200 valence electrons. The minimum Gasteiger partial charge on any atom is -0.439 e. The Kier molecular flexibility index (Phi) is 6.71. The number of methoxy groups -OCH3 is 1. The maximum atomic E-state index is 13.8. The first-order valence-electron chi connectivity index (χ1n) is 11.8. The number of hydrogen-bond donors (Lipinski definition) is 1. The molecule has 3 aromatic heterocycles. The first kappa shape index (κ1) is 26.1. The molecule has 4 heterocycles. The van der Waals surface area contributed by atoms with Crippen molar-refractivity contribution in [3.63, 3.8) is 0 Å². The lowest BCUT2D eigenvalue weighted by molar-refractivity contribution is -0.139. The number of carbonyl (C=O) groups excluding carboxylic acids is 3. The number of amides is 1. The third-order valence-corrected chi connectivity index (χ3v) is 6.86. The standard InChI is InChI=1S/C27H24ClN5O6/c1-15-7-8-29-21(9-15)39-16-5-6-17(19(28)10-16)24(35)18-11-30-25-22(18)23-20(12-31-25)32(3)26(36)27(2,13-37-4)33(23)38-14-34/h5-12,14H,13H2,1-4H3,(H,30,31). The number of aromatic nitrogens is 3. The average molecular weight is 550 g/mol. The van der Waals surface area contributed by atoms with Crippen LogP contribution >= 0.6 is 11.6 Å². The number of nitrogens with zero attached hydrogens (tertiary/aromatic N) is 4. The Morgan fingerprint density at radius 1 is 1.21 bits per heavy atom. The number of hydroxylamine groups is 1. The summed E-state index contributed by atoms with van der Waals surface area (Å²) in [6.45, 7) is 3.63. The van der Waals surface area contributed by atoms with Gasteiger partial charge in [0.05, 0.1) is 34.5 Å². The molecule has 0 saturated heterocycles. The van der Waals surface area contributed by atoms with E-state index in [4.69, 9.17) is 25.9 Å². The molecule has 11 nitrogen and oxygen atoms in total. The van der Waals surface area contributed by atoms with Crippen LogP contribution in [0.2, 0.25) is 5.02 Å². The molecule has 1 unspecified atom stereocenters. The van der Waals surface area contributed by atoms with Crippen LogP contribution in [0.25, 0.3) is 11.0 Å². The second kappa shape index (κ2) is 10.0. The lowest BCUT2D eigenvalue weighted by Crippen LogP contribution is -2.63. The normalized spacial score (nSPS) is 16.8. The molecule has 4 aromatic rings. The van der Waals surface area contributed by atoms with E-state index in [1.54, 1.807) is 38.4 Å². The number of fused-ring (bicyclic) bond motifs is 3. The largest absolute Gasteiger partial charge is 0.439 e. The predicted molar refractivity (Wildman–Crippen MR) is 143 cm³/mol. The second-order valence-electron chi connectivity index (χ2n) is 9.23. The van der Waals surface area contributed by atoms with E-state index >= 15 is 0 Å². The van der Waals surface area contributed by atoms with Gasteiger partial charge in [-0.05, 0) is 37.6 Å². The van der Waals surface area contributed by atoms with Crippen LogP contribution in [-0.2, 0) is 19.2 Å². The summed E-state index contributed by atoms with van der Waals surface area (Å²) >= 11 is 6.54. The molecule has 0 saturated carbocycles. The molecule has 1 aliphatic rings. The molecular weight excluding hydrogens is 526 g/mol. The average Bonchev–Trinajstić information content (AvgIpc) is 3.34. The van der Waals surface area contributed by atoms with Gasteiger partial charge in [0, 0.05) is 44.2 Å². The Bertz CT molecular complexity index is 1620. The molecule has 1 atom stereocenters. The van der Waals surface area contributed by atoms with Gasteiger partial charge >= 0.3 is 6.47 Å². The molecule has 0 spiro atoms. The van der Waals surface area contributed by atoms with Crippen LogP contribution in [-0.4, -0.2) is 59.4 Å². The highest BCUT2D eigenvalue weighted by atomic mass is 35.5. The van der Waals surface area contributed by atoms with Crippen LogP contribution in [0.3, 0.4) is 0 Å². The fourth-order valence-corrected chi connectivity index (χ4v) is 4.95. The number of carbonyl (C=O) groups is 3. The molecule has 0 bridgehead atoms. The van der Waals surface area contributed by atoms with Gasteiger partial charge in [-0.15, -0.1) is 0 Å². The highest BCUT2D eigenvalue weighted by Gasteiger charge is 2.50. The van der Waals surface area contributed by atoms with Gasteiger partial charge in [0.1, 0.15) is 17.1 Å². The molecule has 1 aliphatic heterocycles. The number of aryl methyl sites for hydroxylation is 1. The molecule has 0 radical (unpaired) electrons. The van der Waals surface area contributed by atoms with E-state index in [1.165, 1.54) is 35.5 Å². The van der Waals surface area contributed by atoms with E-state index < -0.39 is 11.3 Å². The zero-order chi connectivity index (χ0) is 27.9. The third kappa shape index (κ3) is 4.35. The monoisotopic (exact) mass is 549 g/mol. The summed E-state index contributed by atoms with van der Waals surface area (Å²) in [6, 6.07) is 8.34. The fourth-order valence-electron chi connectivity index (χ4n) is 4.69. The fraction of sp³-hybridized carbons (Fsp3) is 0.222. The van der Waals surface area contributed by atoms with Crippen LogP contribution in [0.4, 0.5) is 11.4 Å². The van der Waals surface area contributed by atoms with Gasteiger partial charge in [-0.25, -0.2) is 9.97 Å². The Morgan fingerprint density at radius 2 is 2.00 bits per heavy atom. The number of rotatable bonds is 8. The van der Waals surface area contributed by atoms with Crippen LogP contribution in [0.5, 0.6) is 11.6 Å². The summed E-state index contributed by atoms with van der Waals surface area (Å²) in [5, 5.41) is 1.68. The summed E-state index contributed by atoms with van der Waals surface area (Å²) in [5.74, 6) is 0.00638. The Balaban J connectivity index is 1.60. The number of nitrogens with one attached hydrogen (secondary N) is 1. The molecule has 0 fully saturated rings. The van der Waals surface area contributed by atoms with Crippen molar-refractivity contribution in [2.45, 2.75) is 19.4 Å². The predicted octanol–water partition coefficient (Wildman–Crippen LogP) is 4.22. The number of hydrogen-bond acceptors (Lipinski definition) is 9. The van der Waals surface area contributed by atoms with E-state index in [9.17, 15) is 14.4 Å². The van der Waals surface area contributed by atoms with Crippen LogP contribution in [0, 0.1) is 6.92 Å². The van der Waals surface area contributed by atoms with Gasteiger partial charge in [-0.2, -0.15) is 5.06 Å². The van der Waals surface area contributed by atoms with Crippen molar-refractivity contribution in [1.29, 1.82) is 0 Å². The molecule has 1 amide bonds. The van der Waals surface area contributed by atoms with Crippen molar-refractivity contribution >= 4 is 52.2 Å². The van der Waals surface area contributed by atoms with E-state index in [1.807, 2.05) is 13.0 Å². The minimum atomic E-state index is -1.41. The zero-order valence-electron chi connectivity index (χ0n) is 21.5. The summed E-state index contributed by atoms with van der Waals surface area (Å²) < 4.78 is 11.1. The molecule has 1 aromatic carbocycles. The number of anilines is 2. The van der Waals surface area contributed by atoms with Crippen molar-refractivity contribution < 1.29 is 28.7 Å². The Morgan fingerprint density at radius 3 is 2.69 bits per heavy atom. The van der Waals surface area contributed by atoms with Gasteiger partial charge < -0.3 is 24.2 Å². The maximum absolute atomic E-state index is 13.8. The summed E-state index contributed by atoms with van der Waals surface area (Å²) in [6.07, 6.45) is 4.60. The number of H-pyrrole nitrogens is 1. The van der Waals surface area contributed by atoms with Crippen molar-refractivity contribution in [3.8, 4) is 11.6 Å². The van der Waals surface area contributed by atoms with E-state index in [0.29, 0.717) is 34.0 Å². The van der Waals surface area contributed by atoms with E-state index in [0.717, 1.165) is 5.56 Å². The molecule has 5 rings (SSSR count). The van der Waals surface area contributed by atoms with Gasteiger partial charge in [-0.1, -0.05) is 11.6 Å². The van der Waals surface area contributed by atoms with Crippen LogP contribution in [0.15, 0.2) is 48.9 Å². The van der Waals surface area contributed by atoms with Gasteiger partial charge in [0.15, 0.2) is 11.3 Å². The number of likely N-dealkylation sites (N-methyl/N-ethyl adjacent to an activating group) is 1. The van der Waals surface area contributed by atoms with Gasteiger partial charge in [0.2, 0.25) is 5.88 Å². The minimum absolute atomic E-state index is 0.0932. The number of aromatic amines is 1. The SMILES string of the molecule is COCC1(C)C(=O)N(C)c2cnc3[nH]cc(C(=O)c4ccc(Oc5cc(C)ccn5)cc4Cl)c3c2N1OC=O. The van der Waals surface area contributed by atoms with Crippen LogP contribution < -0.4 is 14.7 Å². The highest BCUT2D eigenvalue weighted by Crippen LogP contribution is 2.45. The number of ether oxygens (including phenoxy) is 2. The lowest BCUT2D eigenvalue weighted by atomic mass is 9.94. The smallest absolute Gasteiger partial charge is 0.320 e.